The van der Waals surface area contributed by atoms with Gasteiger partial charge in [0.25, 0.3) is 0 Å². The van der Waals surface area contributed by atoms with Crippen molar-refractivity contribution in [3.63, 3.8) is 0 Å². The van der Waals surface area contributed by atoms with Gasteiger partial charge in [0, 0.05) is 23.2 Å². The molecule has 142 valence electrons. The minimum Gasteiger partial charge on any atom is -0.466 e. The van der Waals surface area contributed by atoms with E-state index in [-0.39, 0.29) is 24.8 Å². The van der Waals surface area contributed by atoms with Crippen molar-refractivity contribution in [3.05, 3.63) is 28.7 Å². The van der Waals surface area contributed by atoms with Crippen LogP contribution in [-0.2, 0) is 19.1 Å². The highest BCUT2D eigenvalue weighted by Gasteiger charge is 2.34. The van der Waals surface area contributed by atoms with Crippen molar-refractivity contribution in [1.29, 1.82) is 0 Å². The molecule has 0 saturated carbocycles. The summed E-state index contributed by atoms with van der Waals surface area (Å²) in [5.74, 6) is -1.01. The highest BCUT2D eigenvalue weighted by atomic mass is 79.9. The highest BCUT2D eigenvalue weighted by Crippen LogP contribution is 2.16. The average molecular weight is 426 g/mol. The molecule has 0 spiro atoms. The number of rotatable bonds is 8. The summed E-state index contributed by atoms with van der Waals surface area (Å²) in [6.45, 7) is 3.13. The van der Waals surface area contributed by atoms with Crippen LogP contribution in [0.5, 0.6) is 0 Å². The Hall–Kier alpha value is -2.09. The molecule has 1 unspecified atom stereocenters. The molecule has 0 aliphatic carbocycles. The van der Waals surface area contributed by atoms with E-state index < -0.39 is 12.0 Å². The number of anilines is 1. The number of halogens is 1. The van der Waals surface area contributed by atoms with Crippen LogP contribution in [0.15, 0.2) is 28.7 Å². The standard InChI is InChI=1S/C18H24BrN3O4/c1-2-3-9-26-17(24)11-15-18(25)20-7-8-22(15)16(23)12-21-14-6-4-5-13(19)10-14/h4-6,10,15,21H,2-3,7-9,11-12H2,1H3,(H,20,25). The van der Waals surface area contributed by atoms with E-state index in [4.69, 9.17) is 4.74 Å². The van der Waals surface area contributed by atoms with Gasteiger partial charge in [0.05, 0.1) is 19.6 Å². The lowest BCUT2D eigenvalue weighted by Crippen LogP contribution is -2.58. The lowest BCUT2D eigenvalue weighted by atomic mass is 10.1. The summed E-state index contributed by atoms with van der Waals surface area (Å²) in [4.78, 5) is 38.1. The minimum absolute atomic E-state index is 0.0467. The van der Waals surface area contributed by atoms with Gasteiger partial charge in [-0.3, -0.25) is 14.4 Å². The average Bonchev–Trinajstić information content (AvgIpc) is 2.61. The molecule has 1 atom stereocenters. The van der Waals surface area contributed by atoms with Gasteiger partial charge in [-0.05, 0) is 24.6 Å². The first-order valence-electron chi connectivity index (χ1n) is 8.73. The molecular weight excluding hydrogens is 402 g/mol. The Labute approximate surface area is 161 Å². The summed E-state index contributed by atoms with van der Waals surface area (Å²) < 4.78 is 6.03. The van der Waals surface area contributed by atoms with Gasteiger partial charge in [0.1, 0.15) is 6.04 Å². The maximum atomic E-state index is 12.6. The Morgan fingerprint density at radius 1 is 1.42 bits per heavy atom. The molecule has 0 aromatic heterocycles. The number of hydrogen-bond donors (Lipinski definition) is 2. The van der Waals surface area contributed by atoms with Crippen LogP contribution in [0.1, 0.15) is 26.2 Å². The van der Waals surface area contributed by atoms with Crippen LogP contribution in [0.4, 0.5) is 5.69 Å². The van der Waals surface area contributed by atoms with E-state index in [1.165, 1.54) is 4.90 Å². The lowest BCUT2D eigenvalue weighted by Gasteiger charge is -2.34. The molecule has 1 aliphatic heterocycles. The predicted octanol–water partition coefficient (Wildman–Crippen LogP) is 1.92. The quantitative estimate of drug-likeness (QED) is 0.490. The molecule has 1 aliphatic rings. The molecule has 8 heteroatoms. The second-order valence-corrected chi connectivity index (χ2v) is 6.95. The first-order valence-corrected chi connectivity index (χ1v) is 9.52. The first kappa shape index (κ1) is 20.2. The zero-order chi connectivity index (χ0) is 18.9. The van der Waals surface area contributed by atoms with Crippen molar-refractivity contribution in [2.75, 3.05) is 31.6 Å². The number of nitrogens with one attached hydrogen (secondary N) is 2. The zero-order valence-corrected chi connectivity index (χ0v) is 16.4. The predicted molar refractivity (Wildman–Crippen MR) is 102 cm³/mol. The highest BCUT2D eigenvalue weighted by molar-refractivity contribution is 9.10. The van der Waals surface area contributed by atoms with E-state index in [9.17, 15) is 14.4 Å². The van der Waals surface area contributed by atoms with Gasteiger partial charge in [-0.15, -0.1) is 0 Å². The summed E-state index contributed by atoms with van der Waals surface area (Å²) in [6.07, 6.45) is 1.57. The van der Waals surface area contributed by atoms with E-state index in [1.54, 1.807) is 0 Å². The monoisotopic (exact) mass is 425 g/mol. The summed E-state index contributed by atoms with van der Waals surface area (Å²) in [7, 11) is 0. The largest absolute Gasteiger partial charge is 0.466 e. The van der Waals surface area contributed by atoms with Gasteiger partial charge in [-0.25, -0.2) is 0 Å². The second kappa shape index (κ2) is 10.2. The first-order chi connectivity index (χ1) is 12.5. The Morgan fingerprint density at radius 3 is 2.96 bits per heavy atom. The van der Waals surface area contributed by atoms with Crippen LogP contribution in [0, 0.1) is 0 Å². The summed E-state index contributed by atoms with van der Waals surface area (Å²) in [6, 6.07) is 6.64. The van der Waals surface area contributed by atoms with Crippen LogP contribution in [0.2, 0.25) is 0 Å². The Bertz CT molecular complexity index is 653. The van der Waals surface area contributed by atoms with Gasteiger partial charge >= 0.3 is 5.97 Å². The van der Waals surface area contributed by atoms with Crippen molar-refractivity contribution < 1.29 is 19.1 Å². The van der Waals surface area contributed by atoms with Gasteiger partial charge in [-0.2, -0.15) is 0 Å². The van der Waals surface area contributed by atoms with E-state index >= 15 is 0 Å². The molecule has 1 aromatic rings. The SMILES string of the molecule is CCCCOC(=O)CC1C(=O)NCCN1C(=O)CNc1cccc(Br)c1. The van der Waals surface area contributed by atoms with Crippen molar-refractivity contribution in [1.82, 2.24) is 10.2 Å². The molecule has 1 heterocycles. The lowest BCUT2D eigenvalue weighted by molar-refractivity contribution is -0.151. The molecule has 7 nitrogen and oxygen atoms in total. The fourth-order valence-electron chi connectivity index (χ4n) is 2.64. The van der Waals surface area contributed by atoms with E-state index in [1.807, 2.05) is 31.2 Å². The number of unbranched alkanes of at least 4 members (excludes halogenated alkanes) is 1. The third-order valence-corrected chi connectivity index (χ3v) is 4.53. The molecule has 0 bridgehead atoms. The Morgan fingerprint density at radius 2 is 2.23 bits per heavy atom. The van der Waals surface area contributed by atoms with Crippen LogP contribution < -0.4 is 10.6 Å². The number of piperazine rings is 1. The van der Waals surface area contributed by atoms with Gasteiger partial charge in [0.15, 0.2) is 0 Å². The number of benzene rings is 1. The van der Waals surface area contributed by atoms with Crippen molar-refractivity contribution in [3.8, 4) is 0 Å². The second-order valence-electron chi connectivity index (χ2n) is 6.04. The van der Waals surface area contributed by atoms with Gasteiger partial charge < -0.3 is 20.3 Å². The number of carbonyl (C=O) groups is 3. The molecule has 2 N–H and O–H groups in total. The number of carbonyl (C=O) groups excluding carboxylic acids is 3. The molecule has 2 rings (SSSR count). The topological polar surface area (TPSA) is 87.7 Å². The van der Waals surface area contributed by atoms with Crippen molar-refractivity contribution in [2.45, 2.75) is 32.2 Å². The summed E-state index contributed by atoms with van der Waals surface area (Å²) in [5.41, 5.74) is 0.796. The molecule has 2 amide bonds. The maximum absolute atomic E-state index is 12.6. The van der Waals surface area contributed by atoms with E-state index in [0.717, 1.165) is 23.0 Å². The number of ether oxygens (including phenoxy) is 1. The molecule has 1 saturated heterocycles. The Balaban J connectivity index is 1.93. The van der Waals surface area contributed by atoms with Crippen molar-refractivity contribution >= 4 is 39.4 Å². The van der Waals surface area contributed by atoms with Crippen LogP contribution >= 0.6 is 15.9 Å². The fraction of sp³-hybridized carbons (Fsp3) is 0.500. The molecule has 0 radical (unpaired) electrons. The van der Waals surface area contributed by atoms with Gasteiger partial charge in [0.2, 0.25) is 11.8 Å². The Kier molecular flexibility index (Phi) is 7.90. The van der Waals surface area contributed by atoms with Crippen LogP contribution in [-0.4, -0.2) is 55.0 Å². The molecule has 1 fully saturated rings. The fourth-order valence-corrected chi connectivity index (χ4v) is 3.04. The third-order valence-electron chi connectivity index (χ3n) is 4.04. The number of hydrogen-bond acceptors (Lipinski definition) is 5. The van der Waals surface area contributed by atoms with Crippen molar-refractivity contribution in [2.24, 2.45) is 0 Å². The normalized spacial score (nSPS) is 16.8. The summed E-state index contributed by atoms with van der Waals surface area (Å²) in [5, 5.41) is 5.75. The van der Waals surface area contributed by atoms with Crippen LogP contribution in [0.3, 0.4) is 0 Å². The smallest absolute Gasteiger partial charge is 0.308 e. The number of esters is 1. The van der Waals surface area contributed by atoms with E-state index in [0.29, 0.717) is 19.7 Å². The number of nitrogens with zero attached hydrogens (tertiary/aromatic N) is 1. The molecule has 26 heavy (non-hydrogen) atoms. The van der Waals surface area contributed by atoms with Crippen LogP contribution in [0.25, 0.3) is 0 Å². The molecule has 1 aromatic carbocycles. The minimum atomic E-state index is -0.824. The third kappa shape index (κ3) is 6.01. The number of amides is 2. The zero-order valence-electron chi connectivity index (χ0n) is 14.8. The summed E-state index contributed by atoms with van der Waals surface area (Å²) >= 11 is 3.38. The van der Waals surface area contributed by atoms with Gasteiger partial charge in [-0.1, -0.05) is 35.3 Å². The van der Waals surface area contributed by atoms with E-state index in [2.05, 4.69) is 26.6 Å². The molecular formula is C18H24BrN3O4. The maximum Gasteiger partial charge on any atom is 0.308 e.